The number of rotatable bonds is 8. The Bertz CT molecular complexity index is 1530. The van der Waals surface area contributed by atoms with Crippen LogP contribution in [0.2, 0.25) is 0 Å². The summed E-state index contributed by atoms with van der Waals surface area (Å²) < 4.78 is 5.90. The lowest BCUT2D eigenvalue weighted by molar-refractivity contribution is -0.384. The van der Waals surface area contributed by atoms with E-state index in [-0.39, 0.29) is 18.1 Å². The number of amides is 2. The molecule has 3 N–H and O–H groups in total. The summed E-state index contributed by atoms with van der Waals surface area (Å²) in [6.45, 7) is 2.05. The first-order valence-corrected chi connectivity index (χ1v) is 12.4. The van der Waals surface area contributed by atoms with Crippen LogP contribution in [-0.2, 0) is 13.1 Å². The smallest absolute Gasteiger partial charge is 0.269 e. The summed E-state index contributed by atoms with van der Waals surface area (Å²) in [5.41, 5.74) is 11.1. The highest BCUT2D eigenvalue weighted by atomic mass is 16.6. The number of nitro groups is 1. The number of hydrogen-bond acceptors (Lipinski definition) is 6. The van der Waals surface area contributed by atoms with Crippen molar-refractivity contribution in [2.24, 2.45) is 5.73 Å². The molecule has 4 aromatic rings. The highest BCUT2D eigenvalue weighted by molar-refractivity contribution is 5.95. The van der Waals surface area contributed by atoms with Gasteiger partial charge in [0.15, 0.2) is 0 Å². The molecule has 9 heteroatoms. The van der Waals surface area contributed by atoms with Crippen LogP contribution in [0.15, 0.2) is 91.0 Å². The van der Waals surface area contributed by atoms with E-state index in [9.17, 15) is 19.7 Å². The molecular weight excluding hydrogens is 496 g/mol. The van der Waals surface area contributed by atoms with Crippen molar-refractivity contribution in [2.45, 2.75) is 13.1 Å². The van der Waals surface area contributed by atoms with Gasteiger partial charge >= 0.3 is 0 Å². The molecule has 0 atom stereocenters. The van der Waals surface area contributed by atoms with Crippen LogP contribution in [0.4, 0.5) is 11.4 Å². The standard InChI is InChI=1S/C30H26N4O5/c31-29(35)22-9-7-21(8-10-22)26-4-2-1-3-24(26)19-33-15-16-39-28-17-23(11-14-27(28)33)30(36)32-18-20-5-12-25(13-6-20)34(37)38/h1-14,17H,15-16,18-19H2,(H2,31,35)(H,32,36). The largest absolute Gasteiger partial charge is 0.490 e. The quantitative estimate of drug-likeness (QED) is 0.255. The minimum absolute atomic E-state index is 0.00470. The maximum absolute atomic E-state index is 12.8. The van der Waals surface area contributed by atoms with Crippen molar-refractivity contribution in [3.05, 3.63) is 123 Å². The second-order valence-corrected chi connectivity index (χ2v) is 9.16. The Hall–Kier alpha value is -5.18. The number of benzene rings is 4. The highest BCUT2D eigenvalue weighted by Crippen LogP contribution is 2.35. The summed E-state index contributed by atoms with van der Waals surface area (Å²) >= 11 is 0. The number of primary amides is 1. The molecule has 0 bridgehead atoms. The Balaban J connectivity index is 1.30. The average Bonchev–Trinajstić information content (AvgIpc) is 2.96. The molecule has 0 aromatic heterocycles. The van der Waals surface area contributed by atoms with Gasteiger partial charge in [-0.1, -0.05) is 48.5 Å². The van der Waals surface area contributed by atoms with Crippen molar-refractivity contribution < 1.29 is 19.2 Å². The molecular formula is C30H26N4O5. The molecule has 0 aliphatic carbocycles. The third kappa shape index (κ3) is 5.72. The molecule has 0 unspecified atom stereocenters. The Morgan fingerprint density at radius 2 is 1.67 bits per heavy atom. The molecule has 5 rings (SSSR count). The number of carbonyl (C=O) groups excluding carboxylic acids is 2. The first-order valence-electron chi connectivity index (χ1n) is 12.4. The van der Waals surface area contributed by atoms with Crippen LogP contribution in [0.5, 0.6) is 5.75 Å². The van der Waals surface area contributed by atoms with E-state index in [1.807, 2.05) is 36.4 Å². The summed E-state index contributed by atoms with van der Waals surface area (Å²) in [7, 11) is 0. The fourth-order valence-corrected chi connectivity index (χ4v) is 4.56. The molecule has 2 amide bonds. The Kier molecular flexibility index (Phi) is 7.22. The summed E-state index contributed by atoms with van der Waals surface area (Å²) in [6, 6.07) is 26.8. The van der Waals surface area contributed by atoms with Gasteiger partial charge in [0.1, 0.15) is 12.4 Å². The van der Waals surface area contributed by atoms with Crippen molar-refractivity contribution >= 4 is 23.2 Å². The number of fused-ring (bicyclic) bond motifs is 1. The lowest BCUT2D eigenvalue weighted by atomic mass is 9.98. The molecule has 0 fully saturated rings. The van der Waals surface area contributed by atoms with E-state index in [1.165, 1.54) is 12.1 Å². The topological polar surface area (TPSA) is 128 Å². The lowest BCUT2D eigenvalue weighted by Crippen LogP contribution is -2.32. The molecule has 0 saturated heterocycles. The SMILES string of the molecule is NC(=O)c1ccc(-c2ccccc2CN2CCOc3cc(C(=O)NCc4ccc([N+](=O)[O-])cc4)ccc32)cc1. The van der Waals surface area contributed by atoms with Gasteiger partial charge in [0.2, 0.25) is 5.91 Å². The number of non-ortho nitro benzene ring substituents is 1. The minimum atomic E-state index is -0.459. The average molecular weight is 523 g/mol. The maximum Gasteiger partial charge on any atom is 0.269 e. The summed E-state index contributed by atoms with van der Waals surface area (Å²) in [4.78, 5) is 36.8. The normalized spacial score (nSPS) is 12.3. The van der Waals surface area contributed by atoms with Crippen molar-refractivity contribution in [2.75, 3.05) is 18.1 Å². The van der Waals surface area contributed by atoms with Crippen LogP contribution >= 0.6 is 0 Å². The molecule has 39 heavy (non-hydrogen) atoms. The van der Waals surface area contributed by atoms with E-state index >= 15 is 0 Å². The number of hydrogen-bond donors (Lipinski definition) is 2. The number of nitrogens with two attached hydrogens (primary N) is 1. The molecule has 0 spiro atoms. The van der Waals surface area contributed by atoms with E-state index in [0.29, 0.717) is 36.6 Å². The van der Waals surface area contributed by atoms with Gasteiger partial charge < -0.3 is 20.7 Å². The predicted molar refractivity (Wildman–Crippen MR) is 148 cm³/mol. The fourth-order valence-electron chi connectivity index (χ4n) is 4.56. The molecule has 1 aliphatic heterocycles. The van der Waals surface area contributed by atoms with Crippen molar-refractivity contribution in [3.8, 4) is 16.9 Å². The van der Waals surface area contributed by atoms with Crippen LogP contribution in [0.3, 0.4) is 0 Å². The van der Waals surface area contributed by atoms with Crippen LogP contribution in [0.25, 0.3) is 11.1 Å². The summed E-state index contributed by atoms with van der Waals surface area (Å²) in [6.07, 6.45) is 0. The predicted octanol–water partition coefficient (Wildman–Crippen LogP) is 4.69. The summed E-state index contributed by atoms with van der Waals surface area (Å²) in [5, 5.41) is 13.7. The van der Waals surface area contributed by atoms with Gasteiger partial charge in [-0.2, -0.15) is 0 Å². The Labute approximate surface area is 225 Å². The molecule has 4 aromatic carbocycles. The van der Waals surface area contributed by atoms with Gasteiger partial charge in [-0.3, -0.25) is 19.7 Å². The van der Waals surface area contributed by atoms with Crippen molar-refractivity contribution in [1.82, 2.24) is 5.32 Å². The summed E-state index contributed by atoms with van der Waals surface area (Å²) in [5.74, 6) is -0.0895. The van der Waals surface area contributed by atoms with E-state index < -0.39 is 10.8 Å². The van der Waals surface area contributed by atoms with Gasteiger partial charge in [-0.15, -0.1) is 0 Å². The lowest BCUT2D eigenvalue weighted by Gasteiger charge is -2.32. The molecule has 196 valence electrons. The second-order valence-electron chi connectivity index (χ2n) is 9.16. The van der Waals surface area contributed by atoms with Gasteiger partial charge in [0, 0.05) is 36.3 Å². The van der Waals surface area contributed by atoms with Gasteiger partial charge in [0.25, 0.3) is 11.6 Å². The van der Waals surface area contributed by atoms with E-state index in [1.54, 1.807) is 36.4 Å². The number of nitrogens with one attached hydrogen (secondary N) is 1. The number of ether oxygens (including phenoxy) is 1. The van der Waals surface area contributed by atoms with E-state index in [0.717, 1.165) is 27.9 Å². The zero-order chi connectivity index (χ0) is 27.4. The molecule has 1 heterocycles. The zero-order valence-electron chi connectivity index (χ0n) is 21.0. The van der Waals surface area contributed by atoms with Gasteiger partial charge in [-0.25, -0.2) is 0 Å². The second kappa shape index (κ2) is 11.1. The van der Waals surface area contributed by atoms with Crippen LogP contribution in [0, 0.1) is 10.1 Å². The molecule has 9 nitrogen and oxygen atoms in total. The first kappa shape index (κ1) is 25.5. The number of nitro benzene ring substituents is 1. The fraction of sp³-hybridized carbons (Fsp3) is 0.133. The van der Waals surface area contributed by atoms with Crippen molar-refractivity contribution in [1.29, 1.82) is 0 Å². The Morgan fingerprint density at radius 1 is 0.949 bits per heavy atom. The van der Waals surface area contributed by atoms with E-state index in [4.69, 9.17) is 10.5 Å². The van der Waals surface area contributed by atoms with Gasteiger partial charge in [-0.05, 0) is 52.6 Å². The highest BCUT2D eigenvalue weighted by Gasteiger charge is 2.21. The molecule has 1 aliphatic rings. The van der Waals surface area contributed by atoms with Crippen LogP contribution < -0.4 is 20.7 Å². The number of carbonyl (C=O) groups is 2. The minimum Gasteiger partial charge on any atom is -0.490 e. The van der Waals surface area contributed by atoms with Gasteiger partial charge in [0.05, 0.1) is 17.2 Å². The third-order valence-electron chi connectivity index (χ3n) is 6.64. The van der Waals surface area contributed by atoms with Crippen LogP contribution in [-0.4, -0.2) is 29.9 Å². The first-order chi connectivity index (χ1) is 18.9. The zero-order valence-corrected chi connectivity index (χ0v) is 21.0. The van der Waals surface area contributed by atoms with E-state index in [2.05, 4.69) is 16.3 Å². The Morgan fingerprint density at radius 3 is 2.38 bits per heavy atom. The number of nitrogens with zero attached hydrogens (tertiary/aromatic N) is 2. The monoisotopic (exact) mass is 522 g/mol. The third-order valence-corrected chi connectivity index (χ3v) is 6.64. The molecule has 0 saturated carbocycles. The molecule has 0 radical (unpaired) electrons. The van der Waals surface area contributed by atoms with Crippen molar-refractivity contribution in [3.63, 3.8) is 0 Å². The number of anilines is 1. The van der Waals surface area contributed by atoms with Crippen LogP contribution in [0.1, 0.15) is 31.8 Å². The maximum atomic E-state index is 12.8.